The molecule has 2 heteroatoms. The van der Waals surface area contributed by atoms with Gasteiger partial charge in [0.15, 0.2) is 0 Å². The average molecular weight is 198 g/mol. The van der Waals surface area contributed by atoms with Crippen molar-refractivity contribution in [2.45, 2.75) is 58.5 Å². The van der Waals surface area contributed by atoms with Crippen molar-refractivity contribution in [2.24, 2.45) is 5.92 Å². The molecule has 0 aromatic rings. The van der Waals surface area contributed by atoms with Crippen LogP contribution in [0.1, 0.15) is 52.4 Å². The van der Waals surface area contributed by atoms with Crippen LogP contribution in [0, 0.1) is 5.92 Å². The summed E-state index contributed by atoms with van der Waals surface area (Å²) in [5.74, 6) is 1.02. The summed E-state index contributed by atoms with van der Waals surface area (Å²) in [6.45, 7) is 4.87. The summed E-state index contributed by atoms with van der Waals surface area (Å²) in [7, 11) is 0. The third-order valence-electron chi connectivity index (χ3n) is 3.04. The number of ether oxygens (including phenoxy) is 1. The Bertz CT molecular complexity index is 177. The highest BCUT2D eigenvalue weighted by atomic mass is 16.5. The maximum Gasteiger partial charge on any atom is 0.129 e. The predicted molar refractivity (Wildman–Crippen MR) is 57.3 cm³/mol. The molecule has 1 heterocycles. The lowest BCUT2D eigenvalue weighted by Gasteiger charge is -2.29. The first-order valence-electron chi connectivity index (χ1n) is 5.81. The number of rotatable bonds is 5. The second-order valence-corrected chi connectivity index (χ2v) is 4.48. The van der Waals surface area contributed by atoms with Gasteiger partial charge in [-0.15, -0.1) is 0 Å². The van der Waals surface area contributed by atoms with Gasteiger partial charge in [0.05, 0.1) is 6.10 Å². The van der Waals surface area contributed by atoms with E-state index in [1.807, 2.05) is 0 Å². The second-order valence-electron chi connectivity index (χ2n) is 4.48. The number of Topliss-reactive ketones (excluding diaryl/α,β-unsaturated/α-hetero) is 1. The van der Waals surface area contributed by atoms with Gasteiger partial charge in [0, 0.05) is 13.0 Å². The molecule has 2 nitrogen and oxygen atoms in total. The van der Waals surface area contributed by atoms with Crippen LogP contribution in [0.4, 0.5) is 0 Å². The lowest BCUT2D eigenvalue weighted by molar-refractivity contribution is -0.117. The lowest BCUT2D eigenvalue weighted by Crippen LogP contribution is -2.27. The van der Waals surface area contributed by atoms with Crippen LogP contribution in [0.2, 0.25) is 0 Å². The molecule has 1 aliphatic heterocycles. The molecule has 82 valence electrons. The molecule has 1 rings (SSSR count). The SMILES string of the molecule is CC(=O)CCCCC1OCCCC1C. The van der Waals surface area contributed by atoms with Gasteiger partial charge in [-0.25, -0.2) is 0 Å². The van der Waals surface area contributed by atoms with Gasteiger partial charge in [0.1, 0.15) is 5.78 Å². The van der Waals surface area contributed by atoms with Crippen LogP contribution in [0.3, 0.4) is 0 Å². The minimum atomic E-state index is 0.308. The predicted octanol–water partition coefficient (Wildman–Crippen LogP) is 2.95. The van der Waals surface area contributed by atoms with Crippen molar-refractivity contribution in [3.8, 4) is 0 Å². The van der Waals surface area contributed by atoms with E-state index < -0.39 is 0 Å². The van der Waals surface area contributed by atoms with Crippen molar-refractivity contribution < 1.29 is 9.53 Å². The number of hydrogen-bond acceptors (Lipinski definition) is 2. The molecular formula is C12H22O2. The van der Waals surface area contributed by atoms with Crippen molar-refractivity contribution >= 4 is 5.78 Å². The molecule has 0 aromatic heterocycles. The summed E-state index contributed by atoms with van der Waals surface area (Å²) in [6, 6.07) is 0. The number of unbranched alkanes of at least 4 members (excludes halogenated alkanes) is 1. The van der Waals surface area contributed by atoms with Gasteiger partial charge < -0.3 is 9.53 Å². The van der Waals surface area contributed by atoms with E-state index in [4.69, 9.17) is 4.74 Å². The summed E-state index contributed by atoms with van der Waals surface area (Å²) in [5.41, 5.74) is 0. The van der Waals surface area contributed by atoms with Crippen LogP contribution in [0.25, 0.3) is 0 Å². The molecule has 14 heavy (non-hydrogen) atoms. The third kappa shape index (κ3) is 4.23. The van der Waals surface area contributed by atoms with Gasteiger partial charge in [0.2, 0.25) is 0 Å². The molecule has 0 aliphatic carbocycles. The van der Waals surface area contributed by atoms with Crippen molar-refractivity contribution in [2.75, 3.05) is 6.61 Å². The van der Waals surface area contributed by atoms with Crippen LogP contribution in [-0.2, 0) is 9.53 Å². The van der Waals surface area contributed by atoms with E-state index in [9.17, 15) is 4.79 Å². The molecule has 0 N–H and O–H groups in total. The summed E-state index contributed by atoms with van der Waals surface area (Å²) < 4.78 is 5.71. The Morgan fingerprint density at radius 3 is 2.86 bits per heavy atom. The number of carbonyl (C=O) groups is 1. The Morgan fingerprint density at radius 1 is 1.43 bits per heavy atom. The summed E-state index contributed by atoms with van der Waals surface area (Å²) in [6.07, 6.45) is 7.00. The van der Waals surface area contributed by atoms with Gasteiger partial charge in [-0.1, -0.05) is 13.3 Å². The Hall–Kier alpha value is -0.370. The first-order chi connectivity index (χ1) is 6.70. The van der Waals surface area contributed by atoms with Crippen molar-refractivity contribution in [1.82, 2.24) is 0 Å². The van der Waals surface area contributed by atoms with Crippen molar-refractivity contribution in [3.63, 3.8) is 0 Å². The smallest absolute Gasteiger partial charge is 0.129 e. The molecule has 1 fully saturated rings. The van der Waals surface area contributed by atoms with E-state index in [1.54, 1.807) is 6.92 Å². The maximum absolute atomic E-state index is 10.7. The van der Waals surface area contributed by atoms with Gasteiger partial charge >= 0.3 is 0 Å². The Morgan fingerprint density at radius 2 is 2.21 bits per heavy atom. The molecule has 2 atom stereocenters. The highest BCUT2D eigenvalue weighted by molar-refractivity contribution is 5.75. The molecule has 0 amide bonds. The lowest BCUT2D eigenvalue weighted by atomic mass is 9.92. The fraction of sp³-hybridized carbons (Fsp3) is 0.917. The second kappa shape index (κ2) is 6.18. The van der Waals surface area contributed by atoms with Gasteiger partial charge in [-0.05, 0) is 38.5 Å². The van der Waals surface area contributed by atoms with E-state index in [1.165, 1.54) is 12.8 Å². The van der Waals surface area contributed by atoms with E-state index >= 15 is 0 Å². The van der Waals surface area contributed by atoms with Crippen LogP contribution in [0.15, 0.2) is 0 Å². The summed E-state index contributed by atoms with van der Waals surface area (Å²) in [4.78, 5) is 10.7. The number of hydrogen-bond donors (Lipinski definition) is 0. The zero-order valence-corrected chi connectivity index (χ0v) is 9.42. The fourth-order valence-corrected chi connectivity index (χ4v) is 2.08. The monoisotopic (exact) mass is 198 g/mol. The van der Waals surface area contributed by atoms with Crippen molar-refractivity contribution in [3.05, 3.63) is 0 Å². The van der Waals surface area contributed by atoms with Crippen LogP contribution >= 0.6 is 0 Å². The zero-order chi connectivity index (χ0) is 10.4. The zero-order valence-electron chi connectivity index (χ0n) is 9.42. The first-order valence-corrected chi connectivity index (χ1v) is 5.81. The molecule has 1 saturated heterocycles. The number of carbonyl (C=O) groups excluding carboxylic acids is 1. The average Bonchev–Trinajstić information content (AvgIpc) is 2.15. The normalized spacial score (nSPS) is 27.6. The molecule has 0 radical (unpaired) electrons. The summed E-state index contributed by atoms with van der Waals surface area (Å²) in [5, 5.41) is 0. The van der Waals surface area contributed by atoms with Crippen LogP contribution in [0.5, 0.6) is 0 Å². The standard InChI is InChI=1S/C12H22O2/c1-10-6-5-9-14-12(10)8-4-3-7-11(2)13/h10,12H,3-9H2,1-2H3. The highest BCUT2D eigenvalue weighted by Crippen LogP contribution is 2.24. The molecule has 0 saturated carbocycles. The van der Waals surface area contributed by atoms with Crippen LogP contribution in [-0.4, -0.2) is 18.5 Å². The third-order valence-corrected chi connectivity index (χ3v) is 3.04. The highest BCUT2D eigenvalue weighted by Gasteiger charge is 2.21. The molecular weight excluding hydrogens is 176 g/mol. The molecule has 0 aromatic carbocycles. The van der Waals surface area contributed by atoms with Gasteiger partial charge in [-0.3, -0.25) is 0 Å². The van der Waals surface area contributed by atoms with Crippen molar-refractivity contribution in [1.29, 1.82) is 0 Å². The first kappa shape index (κ1) is 11.7. The number of ketones is 1. The van der Waals surface area contributed by atoms with Gasteiger partial charge in [-0.2, -0.15) is 0 Å². The van der Waals surface area contributed by atoms with E-state index in [0.717, 1.165) is 32.3 Å². The van der Waals surface area contributed by atoms with Gasteiger partial charge in [0.25, 0.3) is 0 Å². The Kier molecular flexibility index (Phi) is 5.16. The van der Waals surface area contributed by atoms with E-state index in [-0.39, 0.29) is 0 Å². The molecule has 1 aliphatic rings. The van der Waals surface area contributed by atoms with Crippen LogP contribution < -0.4 is 0 Å². The topological polar surface area (TPSA) is 26.3 Å². The van der Waals surface area contributed by atoms with E-state index in [2.05, 4.69) is 6.92 Å². The quantitative estimate of drug-likeness (QED) is 0.635. The maximum atomic E-state index is 10.7. The Labute approximate surface area is 87.0 Å². The molecule has 2 unspecified atom stereocenters. The minimum Gasteiger partial charge on any atom is -0.378 e. The molecule has 0 bridgehead atoms. The Balaban J connectivity index is 2.07. The van der Waals surface area contributed by atoms with E-state index in [0.29, 0.717) is 17.8 Å². The summed E-state index contributed by atoms with van der Waals surface area (Å²) >= 11 is 0. The molecule has 0 spiro atoms. The minimum absolute atomic E-state index is 0.308. The fourth-order valence-electron chi connectivity index (χ4n) is 2.08. The largest absolute Gasteiger partial charge is 0.378 e.